The first-order chi connectivity index (χ1) is 8.44. The first kappa shape index (κ1) is 11.3. The van der Waals surface area contributed by atoms with Crippen molar-refractivity contribution in [2.45, 2.75) is 19.1 Å². The van der Waals surface area contributed by atoms with Crippen LogP contribution in [-0.2, 0) is 11.2 Å². The molecule has 6 heteroatoms. The summed E-state index contributed by atoms with van der Waals surface area (Å²) in [5.41, 5.74) is 0.781. The van der Waals surface area contributed by atoms with Crippen LogP contribution < -0.4 is 9.47 Å². The van der Waals surface area contributed by atoms with Crippen molar-refractivity contribution in [1.82, 2.24) is 0 Å². The maximum Gasteiger partial charge on any atom is 0.586 e. The summed E-state index contributed by atoms with van der Waals surface area (Å²) in [4.78, 5) is 10.7. The zero-order valence-corrected chi connectivity index (χ0v) is 9.23. The van der Waals surface area contributed by atoms with E-state index in [-0.39, 0.29) is 23.3 Å². The van der Waals surface area contributed by atoms with Crippen molar-refractivity contribution < 1.29 is 28.2 Å². The molecule has 0 spiro atoms. The van der Waals surface area contributed by atoms with Gasteiger partial charge in [-0.05, 0) is 36.5 Å². The molecule has 1 saturated carbocycles. The summed E-state index contributed by atoms with van der Waals surface area (Å²) in [5, 5.41) is 8.78. The monoisotopic (exact) mass is 256 g/mol. The summed E-state index contributed by atoms with van der Waals surface area (Å²) < 4.78 is 34.2. The molecule has 18 heavy (non-hydrogen) atoms. The van der Waals surface area contributed by atoms with Crippen molar-refractivity contribution in [3.8, 4) is 11.5 Å². The Balaban J connectivity index is 1.71. The summed E-state index contributed by atoms with van der Waals surface area (Å²) >= 11 is 0. The Morgan fingerprint density at radius 1 is 1.39 bits per heavy atom. The van der Waals surface area contributed by atoms with Gasteiger partial charge in [0.05, 0.1) is 5.92 Å². The molecule has 0 radical (unpaired) electrons. The van der Waals surface area contributed by atoms with Gasteiger partial charge in [-0.3, -0.25) is 4.79 Å². The van der Waals surface area contributed by atoms with E-state index in [1.165, 1.54) is 12.1 Å². The second kappa shape index (κ2) is 3.57. The minimum absolute atomic E-state index is 0.00465. The van der Waals surface area contributed by atoms with Gasteiger partial charge in [0.1, 0.15) is 0 Å². The van der Waals surface area contributed by atoms with Crippen LogP contribution in [0.15, 0.2) is 18.2 Å². The highest BCUT2D eigenvalue weighted by atomic mass is 19.3. The minimum Gasteiger partial charge on any atom is -0.481 e. The highest BCUT2D eigenvalue weighted by molar-refractivity contribution is 5.73. The number of carbonyl (C=O) groups is 1. The number of fused-ring (bicyclic) bond motifs is 1. The van der Waals surface area contributed by atoms with Crippen LogP contribution in [0.1, 0.15) is 12.0 Å². The molecule has 0 aromatic heterocycles. The van der Waals surface area contributed by atoms with Crippen LogP contribution in [-0.4, -0.2) is 17.4 Å². The summed E-state index contributed by atoms with van der Waals surface area (Å²) in [6.07, 6.45) is -2.41. The Labute approximate surface area is 101 Å². The summed E-state index contributed by atoms with van der Waals surface area (Å²) in [5.74, 6) is -1.01. The molecule has 1 aliphatic heterocycles. The SMILES string of the molecule is O=C(O)C1CC1Cc1ccc2c(c1)OC(F)(F)O2. The lowest BCUT2D eigenvalue weighted by molar-refractivity contribution is -0.286. The molecule has 4 nitrogen and oxygen atoms in total. The highest BCUT2D eigenvalue weighted by Gasteiger charge is 2.45. The van der Waals surface area contributed by atoms with E-state index in [2.05, 4.69) is 9.47 Å². The molecular weight excluding hydrogens is 246 g/mol. The predicted molar refractivity (Wildman–Crippen MR) is 55.6 cm³/mol. The van der Waals surface area contributed by atoms with Gasteiger partial charge in [0.2, 0.25) is 0 Å². The van der Waals surface area contributed by atoms with Crippen molar-refractivity contribution in [2.75, 3.05) is 0 Å². The molecule has 0 saturated heterocycles. The van der Waals surface area contributed by atoms with Crippen LogP contribution in [0.25, 0.3) is 0 Å². The van der Waals surface area contributed by atoms with Crippen LogP contribution in [0.2, 0.25) is 0 Å². The fraction of sp³-hybridized carbons (Fsp3) is 0.417. The number of halogens is 2. The molecule has 0 amide bonds. The molecule has 1 N–H and O–H groups in total. The third-order valence-corrected chi connectivity index (χ3v) is 3.20. The van der Waals surface area contributed by atoms with E-state index in [4.69, 9.17) is 5.11 Å². The van der Waals surface area contributed by atoms with Crippen LogP contribution >= 0.6 is 0 Å². The van der Waals surface area contributed by atoms with Gasteiger partial charge in [-0.1, -0.05) is 6.07 Å². The van der Waals surface area contributed by atoms with Crippen LogP contribution in [0.5, 0.6) is 11.5 Å². The molecule has 96 valence electrons. The topological polar surface area (TPSA) is 55.8 Å². The zero-order valence-electron chi connectivity index (χ0n) is 9.23. The van der Waals surface area contributed by atoms with Gasteiger partial charge < -0.3 is 14.6 Å². The van der Waals surface area contributed by atoms with Gasteiger partial charge in [-0.15, -0.1) is 8.78 Å². The van der Waals surface area contributed by atoms with E-state index in [1.807, 2.05) is 0 Å². The molecule has 1 heterocycles. The maximum absolute atomic E-state index is 12.8. The molecule has 2 aliphatic rings. The Morgan fingerprint density at radius 3 is 2.78 bits per heavy atom. The fourth-order valence-electron chi connectivity index (χ4n) is 2.20. The number of hydrogen-bond acceptors (Lipinski definition) is 3. The Morgan fingerprint density at radius 2 is 2.11 bits per heavy atom. The maximum atomic E-state index is 12.8. The van der Waals surface area contributed by atoms with Crippen molar-refractivity contribution in [1.29, 1.82) is 0 Å². The van der Waals surface area contributed by atoms with E-state index in [0.717, 1.165) is 5.56 Å². The van der Waals surface area contributed by atoms with Gasteiger partial charge in [0.15, 0.2) is 11.5 Å². The number of rotatable bonds is 3. The lowest BCUT2D eigenvalue weighted by Gasteiger charge is -2.04. The molecule has 3 rings (SSSR count). The molecule has 2 unspecified atom stereocenters. The first-order valence-electron chi connectivity index (χ1n) is 5.56. The van der Waals surface area contributed by atoms with Gasteiger partial charge in [-0.25, -0.2) is 0 Å². The van der Waals surface area contributed by atoms with E-state index >= 15 is 0 Å². The number of carboxylic acids is 1. The average molecular weight is 256 g/mol. The number of alkyl halides is 2. The normalized spacial score (nSPS) is 27.0. The number of carboxylic acid groups (broad SMARTS) is 1. The smallest absolute Gasteiger partial charge is 0.481 e. The van der Waals surface area contributed by atoms with Crippen molar-refractivity contribution in [2.24, 2.45) is 11.8 Å². The number of benzene rings is 1. The largest absolute Gasteiger partial charge is 0.586 e. The van der Waals surface area contributed by atoms with E-state index < -0.39 is 12.3 Å². The Bertz CT molecular complexity index is 515. The molecule has 1 fully saturated rings. The Kier molecular flexibility index (Phi) is 2.23. The third kappa shape index (κ3) is 1.98. The molecule has 1 aromatic carbocycles. The number of aliphatic carboxylic acids is 1. The molecular formula is C12H10F2O4. The lowest BCUT2D eigenvalue weighted by atomic mass is 10.1. The zero-order chi connectivity index (χ0) is 12.9. The number of hydrogen-bond donors (Lipinski definition) is 1. The van der Waals surface area contributed by atoms with Gasteiger partial charge in [0, 0.05) is 0 Å². The van der Waals surface area contributed by atoms with E-state index in [0.29, 0.717) is 12.8 Å². The minimum atomic E-state index is -3.61. The third-order valence-electron chi connectivity index (χ3n) is 3.20. The average Bonchev–Trinajstić information content (AvgIpc) is 2.93. The van der Waals surface area contributed by atoms with Gasteiger partial charge in [-0.2, -0.15) is 0 Å². The fourth-order valence-corrected chi connectivity index (χ4v) is 2.20. The van der Waals surface area contributed by atoms with E-state index in [1.54, 1.807) is 6.07 Å². The van der Waals surface area contributed by atoms with E-state index in [9.17, 15) is 13.6 Å². The summed E-state index contributed by atoms with van der Waals surface area (Å²) in [6, 6.07) is 4.55. The van der Waals surface area contributed by atoms with Crippen molar-refractivity contribution >= 4 is 5.97 Å². The van der Waals surface area contributed by atoms with Crippen molar-refractivity contribution in [3.63, 3.8) is 0 Å². The summed E-state index contributed by atoms with van der Waals surface area (Å²) in [6.45, 7) is 0. The van der Waals surface area contributed by atoms with Crippen LogP contribution in [0.3, 0.4) is 0 Å². The molecule has 2 atom stereocenters. The lowest BCUT2D eigenvalue weighted by Crippen LogP contribution is -2.25. The van der Waals surface area contributed by atoms with Gasteiger partial charge >= 0.3 is 12.3 Å². The highest BCUT2D eigenvalue weighted by Crippen LogP contribution is 2.44. The second-order valence-electron chi connectivity index (χ2n) is 4.59. The van der Waals surface area contributed by atoms with Crippen LogP contribution in [0.4, 0.5) is 8.78 Å². The molecule has 1 aromatic rings. The second-order valence-corrected chi connectivity index (χ2v) is 4.59. The number of ether oxygens (including phenoxy) is 2. The molecule has 1 aliphatic carbocycles. The Hall–Kier alpha value is -1.85. The standard InChI is InChI=1S/C12H10F2O4/c13-12(14)17-9-2-1-6(4-10(9)18-12)3-7-5-8(7)11(15)16/h1-2,4,7-8H,3,5H2,(H,15,16). The molecule has 0 bridgehead atoms. The first-order valence-corrected chi connectivity index (χ1v) is 5.56. The van der Waals surface area contributed by atoms with Crippen molar-refractivity contribution in [3.05, 3.63) is 23.8 Å². The summed E-state index contributed by atoms with van der Waals surface area (Å²) in [7, 11) is 0. The quantitative estimate of drug-likeness (QED) is 0.901. The van der Waals surface area contributed by atoms with Crippen LogP contribution in [0, 0.1) is 11.8 Å². The predicted octanol–water partition coefficient (Wildman–Crippen LogP) is 2.27. The van der Waals surface area contributed by atoms with Gasteiger partial charge in [0.25, 0.3) is 0 Å².